The Morgan fingerprint density at radius 2 is 0.964 bits per heavy atom. The van der Waals surface area contributed by atoms with Crippen molar-refractivity contribution in [2.45, 2.75) is 13.1 Å². The largest absolute Gasteiger partial charge is 0.348 e. The number of amides is 2. The first kappa shape index (κ1) is 19.9. The van der Waals surface area contributed by atoms with Gasteiger partial charge in [-0.2, -0.15) is 0 Å². The number of carbonyl (C=O) groups excluding carboxylic acids is 2. The number of benzene rings is 3. The van der Waals surface area contributed by atoms with Crippen molar-refractivity contribution in [3.05, 3.63) is 105 Å². The van der Waals surface area contributed by atoms with Crippen LogP contribution in [0.5, 0.6) is 0 Å². The minimum absolute atomic E-state index is 0.233. The van der Waals surface area contributed by atoms with Gasteiger partial charge in [0.15, 0.2) is 0 Å². The van der Waals surface area contributed by atoms with Gasteiger partial charge in [0, 0.05) is 34.3 Å². The molecule has 3 aromatic carbocycles. The van der Waals surface area contributed by atoms with Crippen molar-refractivity contribution in [2.24, 2.45) is 0 Å². The minimum Gasteiger partial charge on any atom is -0.348 e. The molecule has 0 radical (unpaired) electrons. The van der Waals surface area contributed by atoms with Gasteiger partial charge in [-0.15, -0.1) is 0 Å². The molecule has 3 aromatic rings. The molecule has 4 nitrogen and oxygen atoms in total. The number of nitrogens with one attached hydrogen (secondary N) is 2. The van der Waals surface area contributed by atoms with Crippen LogP contribution in [0.3, 0.4) is 0 Å². The van der Waals surface area contributed by atoms with Gasteiger partial charge in [0.25, 0.3) is 11.8 Å². The highest BCUT2D eigenvalue weighted by Crippen LogP contribution is 2.16. The first-order chi connectivity index (χ1) is 13.5. The van der Waals surface area contributed by atoms with E-state index in [-0.39, 0.29) is 11.8 Å². The fourth-order valence-corrected chi connectivity index (χ4v) is 3.02. The molecule has 142 valence electrons. The van der Waals surface area contributed by atoms with Crippen molar-refractivity contribution in [3.63, 3.8) is 0 Å². The summed E-state index contributed by atoms with van der Waals surface area (Å²) >= 11 is 12.2. The molecule has 0 heterocycles. The lowest BCUT2D eigenvalue weighted by atomic mass is 10.1. The molecule has 0 fully saturated rings. The van der Waals surface area contributed by atoms with E-state index in [0.29, 0.717) is 34.3 Å². The van der Waals surface area contributed by atoms with E-state index in [2.05, 4.69) is 10.6 Å². The van der Waals surface area contributed by atoms with Crippen LogP contribution in [0.2, 0.25) is 10.0 Å². The maximum atomic E-state index is 12.3. The van der Waals surface area contributed by atoms with E-state index in [1.54, 1.807) is 36.4 Å². The normalized spacial score (nSPS) is 10.4. The van der Waals surface area contributed by atoms with Crippen LogP contribution in [0.1, 0.15) is 31.8 Å². The van der Waals surface area contributed by atoms with E-state index in [0.717, 1.165) is 11.1 Å². The first-order valence-corrected chi connectivity index (χ1v) is 9.43. The predicted molar refractivity (Wildman–Crippen MR) is 112 cm³/mol. The van der Waals surface area contributed by atoms with Gasteiger partial charge in [0.1, 0.15) is 0 Å². The zero-order valence-corrected chi connectivity index (χ0v) is 16.4. The Hall–Kier alpha value is -2.82. The van der Waals surface area contributed by atoms with E-state index < -0.39 is 0 Å². The molecule has 0 bridgehead atoms. The van der Waals surface area contributed by atoms with Crippen molar-refractivity contribution < 1.29 is 9.59 Å². The van der Waals surface area contributed by atoms with Crippen molar-refractivity contribution in [3.8, 4) is 0 Å². The average Bonchev–Trinajstić information content (AvgIpc) is 2.72. The summed E-state index contributed by atoms with van der Waals surface area (Å²) in [5, 5.41) is 6.85. The van der Waals surface area contributed by atoms with Crippen LogP contribution in [0.15, 0.2) is 72.8 Å². The maximum absolute atomic E-state index is 12.3. The summed E-state index contributed by atoms with van der Waals surface area (Å²) in [6.45, 7) is 0.664. The molecule has 0 aliphatic carbocycles. The Balaban J connectivity index is 1.56. The lowest BCUT2D eigenvalue weighted by Gasteiger charge is -2.09. The number of hydrogen-bond acceptors (Lipinski definition) is 2. The molecule has 0 aliphatic rings. The van der Waals surface area contributed by atoms with Crippen LogP contribution in [-0.2, 0) is 13.1 Å². The van der Waals surface area contributed by atoms with Gasteiger partial charge in [-0.1, -0.05) is 59.6 Å². The smallest absolute Gasteiger partial charge is 0.251 e. The van der Waals surface area contributed by atoms with E-state index in [9.17, 15) is 9.59 Å². The van der Waals surface area contributed by atoms with Gasteiger partial charge in [-0.3, -0.25) is 9.59 Å². The fraction of sp³-hybridized carbons (Fsp3) is 0.0909. The molecule has 0 aliphatic heterocycles. The van der Waals surface area contributed by atoms with Crippen LogP contribution in [0.25, 0.3) is 0 Å². The predicted octanol–water partition coefficient (Wildman–Crippen LogP) is 4.85. The molecule has 0 saturated heterocycles. The Morgan fingerprint density at radius 1 is 0.607 bits per heavy atom. The van der Waals surface area contributed by atoms with Crippen molar-refractivity contribution in [2.75, 3.05) is 0 Å². The lowest BCUT2D eigenvalue weighted by molar-refractivity contribution is 0.0939. The van der Waals surface area contributed by atoms with Crippen LogP contribution in [-0.4, -0.2) is 11.8 Å². The Kier molecular flexibility index (Phi) is 6.69. The van der Waals surface area contributed by atoms with Gasteiger partial charge in [-0.25, -0.2) is 0 Å². The summed E-state index contributed by atoms with van der Waals surface area (Å²) in [7, 11) is 0. The molecule has 3 rings (SSSR count). The maximum Gasteiger partial charge on any atom is 0.251 e. The van der Waals surface area contributed by atoms with Gasteiger partial charge < -0.3 is 10.6 Å². The zero-order chi connectivity index (χ0) is 19.9. The highest BCUT2D eigenvalue weighted by atomic mass is 35.5. The molecule has 2 amide bonds. The zero-order valence-electron chi connectivity index (χ0n) is 14.9. The van der Waals surface area contributed by atoms with Gasteiger partial charge in [-0.05, 0) is 47.5 Å². The van der Waals surface area contributed by atoms with Crippen molar-refractivity contribution >= 4 is 35.0 Å². The molecule has 0 spiro atoms. The second kappa shape index (κ2) is 9.40. The topological polar surface area (TPSA) is 58.2 Å². The van der Waals surface area contributed by atoms with Crippen LogP contribution < -0.4 is 10.6 Å². The monoisotopic (exact) mass is 412 g/mol. The summed E-state index contributed by atoms with van der Waals surface area (Å²) in [5.41, 5.74) is 2.62. The van der Waals surface area contributed by atoms with E-state index in [4.69, 9.17) is 23.2 Å². The Morgan fingerprint density at radius 3 is 1.32 bits per heavy atom. The minimum atomic E-state index is -0.233. The Labute approximate surface area is 173 Å². The second-order valence-electron chi connectivity index (χ2n) is 6.13. The van der Waals surface area contributed by atoms with E-state index >= 15 is 0 Å². The SMILES string of the molecule is O=C(NCc1ccccc1Cl)c1ccc(C(=O)NCc2ccccc2Cl)cc1. The third kappa shape index (κ3) is 5.12. The van der Waals surface area contributed by atoms with Gasteiger partial charge >= 0.3 is 0 Å². The number of hydrogen-bond donors (Lipinski definition) is 2. The molecule has 28 heavy (non-hydrogen) atoms. The number of carbonyl (C=O) groups is 2. The number of halogens is 2. The lowest BCUT2D eigenvalue weighted by Crippen LogP contribution is -2.24. The first-order valence-electron chi connectivity index (χ1n) is 8.68. The van der Waals surface area contributed by atoms with Crippen molar-refractivity contribution in [1.29, 1.82) is 0 Å². The standard InChI is InChI=1S/C22H18Cl2N2O2/c23-19-7-3-1-5-17(19)13-25-21(27)15-9-11-16(12-10-15)22(28)26-14-18-6-2-4-8-20(18)24/h1-12H,13-14H2,(H,25,27)(H,26,28). The Bertz CT molecular complexity index is 907. The number of rotatable bonds is 6. The molecule has 6 heteroatoms. The molecule has 0 atom stereocenters. The average molecular weight is 413 g/mol. The molecule has 2 N–H and O–H groups in total. The second-order valence-corrected chi connectivity index (χ2v) is 6.94. The molecule has 0 unspecified atom stereocenters. The quantitative estimate of drug-likeness (QED) is 0.607. The summed E-state index contributed by atoms with van der Waals surface area (Å²) < 4.78 is 0. The summed E-state index contributed by atoms with van der Waals surface area (Å²) in [4.78, 5) is 24.6. The van der Waals surface area contributed by atoms with Crippen LogP contribution in [0, 0.1) is 0 Å². The molecular formula is C22H18Cl2N2O2. The van der Waals surface area contributed by atoms with E-state index in [1.807, 2.05) is 36.4 Å². The highest BCUT2D eigenvalue weighted by molar-refractivity contribution is 6.31. The van der Waals surface area contributed by atoms with Gasteiger partial charge in [0.2, 0.25) is 0 Å². The van der Waals surface area contributed by atoms with Gasteiger partial charge in [0.05, 0.1) is 0 Å². The molecule has 0 saturated carbocycles. The molecular weight excluding hydrogens is 395 g/mol. The molecule has 0 aromatic heterocycles. The fourth-order valence-electron chi connectivity index (χ4n) is 2.61. The third-order valence-corrected chi connectivity index (χ3v) is 4.94. The summed E-state index contributed by atoms with van der Waals surface area (Å²) in [6.07, 6.45) is 0. The van der Waals surface area contributed by atoms with Crippen molar-refractivity contribution in [1.82, 2.24) is 10.6 Å². The highest BCUT2D eigenvalue weighted by Gasteiger charge is 2.10. The third-order valence-electron chi connectivity index (χ3n) is 4.20. The van der Waals surface area contributed by atoms with Crippen LogP contribution in [0.4, 0.5) is 0 Å². The summed E-state index contributed by atoms with van der Waals surface area (Å²) in [6, 6.07) is 21.1. The van der Waals surface area contributed by atoms with E-state index in [1.165, 1.54) is 0 Å². The van der Waals surface area contributed by atoms with Crippen LogP contribution >= 0.6 is 23.2 Å². The summed E-state index contributed by atoms with van der Waals surface area (Å²) in [5.74, 6) is -0.467.